The Morgan fingerprint density at radius 3 is 2.79 bits per heavy atom. The van der Waals surface area contributed by atoms with Gasteiger partial charge in [0.1, 0.15) is 5.82 Å². The summed E-state index contributed by atoms with van der Waals surface area (Å²) in [5.41, 5.74) is 3.20. The first-order valence-corrected chi connectivity index (χ1v) is 8.72. The smallest absolute Gasteiger partial charge is 0.171 e. The van der Waals surface area contributed by atoms with E-state index in [9.17, 15) is 0 Å². The Bertz CT molecular complexity index is 859. The van der Waals surface area contributed by atoms with E-state index < -0.39 is 0 Å². The average Bonchev–Trinajstić information content (AvgIpc) is 2.99. The number of aromatic nitrogens is 2. The third-order valence-electron chi connectivity index (χ3n) is 3.60. The fraction of sp³-hybridized carbons (Fsp3) is 0.111. The highest BCUT2D eigenvalue weighted by atomic mass is 79.9. The maximum atomic E-state index is 5.39. The number of para-hydroxylation sites is 1. The molecule has 24 heavy (non-hydrogen) atoms. The summed E-state index contributed by atoms with van der Waals surface area (Å²) in [5, 5.41) is 7.04. The van der Waals surface area contributed by atoms with E-state index in [4.69, 9.17) is 12.2 Å². The first kappa shape index (κ1) is 16.7. The average molecular weight is 401 g/mol. The summed E-state index contributed by atoms with van der Waals surface area (Å²) in [6, 6.07) is 16.1. The summed E-state index contributed by atoms with van der Waals surface area (Å²) in [7, 11) is 0. The summed E-state index contributed by atoms with van der Waals surface area (Å²) < 4.78 is 3.08. The molecule has 0 aliphatic heterocycles. The third kappa shape index (κ3) is 4.01. The van der Waals surface area contributed by atoms with E-state index in [0.29, 0.717) is 11.7 Å². The van der Waals surface area contributed by atoms with Crippen molar-refractivity contribution in [2.75, 3.05) is 5.32 Å². The SMILES string of the molecule is Cc1nccn1-c1ccccc1CNC(=S)Nc1cccc(Br)c1. The number of imidazole rings is 1. The van der Waals surface area contributed by atoms with Crippen LogP contribution in [0.15, 0.2) is 65.4 Å². The van der Waals surface area contributed by atoms with Crippen molar-refractivity contribution in [3.8, 4) is 5.69 Å². The number of hydrogen-bond donors (Lipinski definition) is 2. The third-order valence-corrected chi connectivity index (χ3v) is 4.34. The number of nitrogens with one attached hydrogen (secondary N) is 2. The highest BCUT2D eigenvalue weighted by molar-refractivity contribution is 9.10. The van der Waals surface area contributed by atoms with Crippen LogP contribution in [-0.2, 0) is 6.54 Å². The van der Waals surface area contributed by atoms with Crippen LogP contribution in [0.1, 0.15) is 11.4 Å². The number of hydrogen-bond acceptors (Lipinski definition) is 2. The second kappa shape index (κ2) is 7.59. The van der Waals surface area contributed by atoms with Crippen LogP contribution in [0.2, 0.25) is 0 Å². The largest absolute Gasteiger partial charge is 0.358 e. The van der Waals surface area contributed by atoms with Crippen LogP contribution in [0.3, 0.4) is 0 Å². The van der Waals surface area contributed by atoms with Gasteiger partial charge in [0.05, 0.1) is 5.69 Å². The van der Waals surface area contributed by atoms with Gasteiger partial charge in [-0.1, -0.05) is 40.2 Å². The molecule has 0 atom stereocenters. The Morgan fingerprint density at radius 1 is 1.21 bits per heavy atom. The molecule has 0 aliphatic rings. The standard InChI is InChI=1S/C18H17BrN4S/c1-13-20-9-10-23(13)17-8-3-2-5-14(17)12-21-18(24)22-16-7-4-6-15(19)11-16/h2-11H,12H2,1H3,(H2,21,22,24). The molecule has 122 valence electrons. The van der Waals surface area contributed by atoms with Gasteiger partial charge in [-0.05, 0) is 49.0 Å². The molecule has 0 bridgehead atoms. The van der Waals surface area contributed by atoms with E-state index in [-0.39, 0.29) is 0 Å². The summed E-state index contributed by atoms with van der Waals surface area (Å²) in [6.07, 6.45) is 3.77. The lowest BCUT2D eigenvalue weighted by molar-refractivity contribution is 0.885. The molecule has 4 nitrogen and oxygen atoms in total. The number of aryl methyl sites for hydroxylation is 1. The van der Waals surface area contributed by atoms with Gasteiger partial charge in [0, 0.05) is 29.1 Å². The molecule has 3 rings (SSSR count). The number of anilines is 1. The van der Waals surface area contributed by atoms with Gasteiger partial charge in [-0.25, -0.2) is 4.98 Å². The Labute approximate surface area is 155 Å². The van der Waals surface area contributed by atoms with Gasteiger partial charge in [0.25, 0.3) is 0 Å². The van der Waals surface area contributed by atoms with Gasteiger partial charge in [0.15, 0.2) is 5.11 Å². The zero-order valence-electron chi connectivity index (χ0n) is 13.2. The highest BCUT2D eigenvalue weighted by Gasteiger charge is 2.07. The lowest BCUT2D eigenvalue weighted by Crippen LogP contribution is -2.28. The number of benzene rings is 2. The molecule has 0 saturated heterocycles. The van der Waals surface area contributed by atoms with Gasteiger partial charge in [-0.2, -0.15) is 0 Å². The first-order valence-electron chi connectivity index (χ1n) is 7.52. The predicted molar refractivity (Wildman–Crippen MR) is 106 cm³/mol. The summed E-state index contributed by atoms with van der Waals surface area (Å²) in [6.45, 7) is 2.62. The first-order chi connectivity index (χ1) is 11.6. The second-order valence-corrected chi connectivity index (χ2v) is 6.62. The molecule has 0 amide bonds. The second-order valence-electron chi connectivity index (χ2n) is 5.29. The lowest BCUT2D eigenvalue weighted by atomic mass is 10.1. The van der Waals surface area contributed by atoms with Crippen molar-refractivity contribution in [2.45, 2.75) is 13.5 Å². The van der Waals surface area contributed by atoms with Gasteiger partial charge in [-0.15, -0.1) is 0 Å². The topological polar surface area (TPSA) is 41.9 Å². The molecule has 6 heteroatoms. The lowest BCUT2D eigenvalue weighted by Gasteiger charge is -2.14. The van der Waals surface area contributed by atoms with Crippen LogP contribution in [0, 0.1) is 6.92 Å². The molecule has 0 radical (unpaired) electrons. The van der Waals surface area contributed by atoms with Crippen molar-refractivity contribution in [1.29, 1.82) is 0 Å². The molecule has 0 fully saturated rings. The number of rotatable bonds is 4. The number of thiocarbonyl (C=S) groups is 1. The Hall–Kier alpha value is -2.18. The van der Waals surface area contributed by atoms with Gasteiger partial charge < -0.3 is 15.2 Å². The van der Waals surface area contributed by atoms with E-state index in [1.54, 1.807) is 6.20 Å². The number of halogens is 1. The maximum Gasteiger partial charge on any atom is 0.171 e. The predicted octanol–water partition coefficient (Wildman–Crippen LogP) is 4.43. The molecule has 1 aromatic heterocycles. The van der Waals surface area contributed by atoms with Crippen LogP contribution in [-0.4, -0.2) is 14.7 Å². The number of nitrogens with zero attached hydrogens (tertiary/aromatic N) is 2. The summed E-state index contributed by atoms with van der Waals surface area (Å²) >= 11 is 8.84. The van der Waals surface area contributed by atoms with Gasteiger partial charge >= 0.3 is 0 Å². The summed E-state index contributed by atoms with van der Waals surface area (Å²) in [4.78, 5) is 4.29. The minimum Gasteiger partial charge on any atom is -0.358 e. The van der Waals surface area contributed by atoms with E-state index in [0.717, 1.165) is 27.2 Å². The van der Waals surface area contributed by atoms with Crippen LogP contribution in [0.25, 0.3) is 5.69 Å². The zero-order chi connectivity index (χ0) is 16.9. The molecule has 1 heterocycles. The Morgan fingerprint density at radius 2 is 2.04 bits per heavy atom. The van der Waals surface area contributed by atoms with E-state index >= 15 is 0 Å². The quantitative estimate of drug-likeness (QED) is 0.635. The summed E-state index contributed by atoms with van der Waals surface area (Å²) in [5.74, 6) is 0.956. The fourth-order valence-corrected chi connectivity index (χ4v) is 3.03. The van der Waals surface area contributed by atoms with E-state index in [2.05, 4.69) is 48.2 Å². The van der Waals surface area contributed by atoms with E-state index in [1.165, 1.54) is 0 Å². The normalized spacial score (nSPS) is 10.4. The highest BCUT2D eigenvalue weighted by Crippen LogP contribution is 2.17. The molecule has 2 N–H and O–H groups in total. The molecular weight excluding hydrogens is 384 g/mol. The van der Waals surface area contributed by atoms with Gasteiger partial charge in [0.2, 0.25) is 0 Å². The van der Waals surface area contributed by atoms with Crippen molar-refractivity contribution in [3.63, 3.8) is 0 Å². The van der Waals surface area contributed by atoms with Crippen LogP contribution < -0.4 is 10.6 Å². The monoisotopic (exact) mass is 400 g/mol. The minimum absolute atomic E-state index is 0.588. The van der Waals surface area contributed by atoms with Crippen molar-refractivity contribution in [3.05, 3.63) is 76.8 Å². The minimum atomic E-state index is 0.588. The van der Waals surface area contributed by atoms with Crippen molar-refractivity contribution in [2.24, 2.45) is 0 Å². The Kier molecular flexibility index (Phi) is 5.27. The molecule has 0 saturated carbocycles. The van der Waals surface area contributed by atoms with Crippen LogP contribution >= 0.6 is 28.1 Å². The molecule has 2 aromatic carbocycles. The van der Waals surface area contributed by atoms with Gasteiger partial charge in [-0.3, -0.25) is 0 Å². The maximum absolute atomic E-state index is 5.39. The zero-order valence-corrected chi connectivity index (χ0v) is 15.6. The molecule has 0 unspecified atom stereocenters. The molecule has 0 aliphatic carbocycles. The fourth-order valence-electron chi connectivity index (χ4n) is 2.44. The molecule has 3 aromatic rings. The molecular formula is C18H17BrN4S. The Balaban J connectivity index is 1.69. The van der Waals surface area contributed by atoms with Crippen molar-refractivity contribution < 1.29 is 0 Å². The van der Waals surface area contributed by atoms with Crippen LogP contribution in [0.4, 0.5) is 5.69 Å². The van der Waals surface area contributed by atoms with Crippen molar-refractivity contribution in [1.82, 2.24) is 14.9 Å². The molecule has 0 spiro atoms. The van der Waals surface area contributed by atoms with E-state index in [1.807, 2.05) is 49.5 Å². The van der Waals surface area contributed by atoms with Crippen molar-refractivity contribution >= 4 is 38.9 Å². The van der Waals surface area contributed by atoms with Crippen LogP contribution in [0.5, 0.6) is 0 Å².